The topological polar surface area (TPSA) is 68.5 Å². The number of aryl methyl sites for hydroxylation is 1. The number of nitrogens with zero attached hydrogens (tertiary/aromatic N) is 3. The van der Waals surface area contributed by atoms with Crippen molar-refractivity contribution < 1.29 is 13.9 Å². The summed E-state index contributed by atoms with van der Waals surface area (Å²) in [6.45, 7) is 3.04. The van der Waals surface area contributed by atoms with Crippen molar-refractivity contribution in [1.29, 1.82) is 0 Å². The summed E-state index contributed by atoms with van der Waals surface area (Å²) < 4.78 is 10.8. The van der Waals surface area contributed by atoms with Crippen LogP contribution >= 0.6 is 11.3 Å². The van der Waals surface area contributed by atoms with E-state index in [0.29, 0.717) is 30.5 Å². The van der Waals surface area contributed by atoms with Crippen LogP contribution in [0.5, 0.6) is 0 Å². The van der Waals surface area contributed by atoms with Gasteiger partial charge in [0.05, 0.1) is 18.0 Å². The van der Waals surface area contributed by atoms with Gasteiger partial charge in [0.2, 0.25) is 5.89 Å². The SMILES string of the molecule is COCCN(Cc1nnc(-c2cccs2)o1)C(=O)c1ccccc1C. The van der Waals surface area contributed by atoms with Crippen LogP contribution < -0.4 is 0 Å². The van der Waals surface area contributed by atoms with Gasteiger partial charge in [-0.2, -0.15) is 0 Å². The summed E-state index contributed by atoms with van der Waals surface area (Å²) in [5.74, 6) is 0.799. The fourth-order valence-electron chi connectivity index (χ4n) is 2.42. The zero-order valence-electron chi connectivity index (χ0n) is 14.1. The third kappa shape index (κ3) is 4.12. The number of thiophene rings is 1. The van der Waals surface area contributed by atoms with Crippen LogP contribution in [-0.2, 0) is 11.3 Å². The lowest BCUT2D eigenvalue weighted by molar-refractivity contribution is 0.0662. The van der Waals surface area contributed by atoms with E-state index in [9.17, 15) is 4.79 Å². The van der Waals surface area contributed by atoms with Crippen molar-refractivity contribution in [3.8, 4) is 10.8 Å². The van der Waals surface area contributed by atoms with Gasteiger partial charge in [-0.1, -0.05) is 24.3 Å². The van der Waals surface area contributed by atoms with Crippen molar-refractivity contribution in [2.75, 3.05) is 20.3 Å². The standard InChI is InChI=1S/C18H19N3O3S/c1-13-6-3-4-7-14(13)18(22)21(9-10-23-2)12-16-19-20-17(24-16)15-8-5-11-25-15/h3-8,11H,9-10,12H2,1-2H3. The minimum Gasteiger partial charge on any atom is -0.418 e. The van der Waals surface area contributed by atoms with Crippen molar-refractivity contribution >= 4 is 17.2 Å². The van der Waals surface area contributed by atoms with Crippen LogP contribution in [0.2, 0.25) is 0 Å². The first-order valence-electron chi connectivity index (χ1n) is 7.89. The molecule has 3 rings (SSSR count). The van der Waals surface area contributed by atoms with E-state index in [1.807, 2.05) is 48.7 Å². The number of hydrogen-bond acceptors (Lipinski definition) is 6. The molecule has 0 aliphatic carbocycles. The van der Waals surface area contributed by atoms with Crippen molar-refractivity contribution in [2.45, 2.75) is 13.5 Å². The quantitative estimate of drug-likeness (QED) is 0.648. The molecule has 6 nitrogen and oxygen atoms in total. The number of benzene rings is 1. The molecule has 0 saturated heterocycles. The van der Waals surface area contributed by atoms with Crippen molar-refractivity contribution in [3.63, 3.8) is 0 Å². The molecular weight excluding hydrogens is 338 g/mol. The number of carbonyl (C=O) groups is 1. The molecule has 0 fully saturated rings. The van der Waals surface area contributed by atoms with Gasteiger partial charge in [-0.25, -0.2) is 0 Å². The lowest BCUT2D eigenvalue weighted by atomic mass is 10.1. The molecule has 0 N–H and O–H groups in total. The van der Waals surface area contributed by atoms with Crippen LogP contribution in [0, 0.1) is 6.92 Å². The van der Waals surface area contributed by atoms with Crippen molar-refractivity contribution in [2.24, 2.45) is 0 Å². The summed E-state index contributed by atoms with van der Waals surface area (Å²) in [5, 5.41) is 10.1. The first-order chi connectivity index (χ1) is 12.2. The average molecular weight is 357 g/mol. The minimum absolute atomic E-state index is 0.0778. The molecule has 0 aliphatic rings. The molecule has 130 valence electrons. The summed E-state index contributed by atoms with van der Waals surface area (Å²) >= 11 is 1.53. The van der Waals surface area contributed by atoms with Crippen LogP contribution in [0.1, 0.15) is 21.8 Å². The zero-order chi connectivity index (χ0) is 17.6. The number of amides is 1. The molecule has 2 heterocycles. The molecule has 25 heavy (non-hydrogen) atoms. The molecule has 1 amide bonds. The first-order valence-corrected chi connectivity index (χ1v) is 8.77. The Hall–Kier alpha value is -2.51. The van der Waals surface area contributed by atoms with E-state index in [2.05, 4.69) is 10.2 Å². The zero-order valence-corrected chi connectivity index (χ0v) is 15.0. The van der Waals surface area contributed by atoms with E-state index >= 15 is 0 Å². The summed E-state index contributed by atoms with van der Waals surface area (Å²) in [6, 6.07) is 11.4. The largest absolute Gasteiger partial charge is 0.418 e. The Kier molecular flexibility index (Phi) is 5.57. The average Bonchev–Trinajstić information content (AvgIpc) is 3.30. The van der Waals surface area contributed by atoms with Gasteiger partial charge in [0.1, 0.15) is 0 Å². The van der Waals surface area contributed by atoms with Crippen LogP contribution in [0.25, 0.3) is 10.8 Å². The molecule has 3 aromatic rings. The molecule has 7 heteroatoms. The molecule has 0 spiro atoms. The van der Waals surface area contributed by atoms with Crippen LogP contribution in [-0.4, -0.2) is 41.3 Å². The number of carbonyl (C=O) groups excluding carboxylic acids is 1. The number of ether oxygens (including phenoxy) is 1. The lowest BCUT2D eigenvalue weighted by Gasteiger charge is -2.21. The Labute approximate surface area is 150 Å². The molecule has 1 aromatic carbocycles. The van der Waals surface area contributed by atoms with E-state index in [-0.39, 0.29) is 12.5 Å². The maximum atomic E-state index is 12.9. The van der Waals surface area contributed by atoms with Gasteiger partial charge in [-0.15, -0.1) is 21.5 Å². The fraction of sp³-hybridized carbons (Fsp3) is 0.278. The summed E-state index contributed by atoms with van der Waals surface area (Å²) in [5.41, 5.74) is 1.59. The Balaban J connectivity index is 1.79. The second kappa shape index (κ2) is 8.04. The van der Waals surface area contributed by atoms with E-state index in [1.165, 1.54) is 11.3 Å². The van der Waals surface area contributed by atoms with Gasteiger partial charge in [0.25, 0.3) is 11.8 Å². The number of methoxy groups -OCH3 is 1. The van der Waals surface area contributed by atoms with E-state index in [1.54, 1.807) is 12.0 Å². The Morgan fingerprint density at radius 1 is 1.24 bits per heavy atom. The highest BCUT2D eigenvalue weighted by Crippen LogP contribution is 2.23. The molecular formula is C18H19N3O3S. The number of aromatic nitrogens is 2. The third-order valence-corrected chi connectivity index (χ3v) is 4.61. The number of hydrogen-bond donors (Lipinski definition) is 0. The monoisotopic (exact) mass is 357 g/mol. The fourth-order valence-corrected chi connectivity index (χ4v) is 3.06. The highest BCUT2D eigenvalue weighted by molar-refractivity contribution is 7.13. The van der Waals surface area contributed by atoms with Crippen LogP contribution in [0.3, 0.4) is 0 Å². The highest BCUT2D eigenvalue weighted by atomic mass is 32.1. The first kappa shape index (κ1) is 17.3. The smallest absolute Gasteiger partial charge is 0.257 e. The van der Waals surface area contributed by atoms with Gasteiger partial charge < -0.3 is 14.1 Å². The maximum absolute atomic E-state index is 12.9. The molecule has 0 bridgehead atoms. The Bertz CT molecular complexity index is 830. The Morgan fingerprint density at radius 3 is 2.80 bits per heavy atom. The third-order valence-electron chi connectivity index (χ3n) is 3.75. The molecule has 0 aliphatic heterocycles. The summed E-state index contributed by atoms with van der Waals surface area (Å²) in [7, 11) is 1.61. The van der Waals surface area contributed by atoms with Gasteiger partial charge in [-0.3, -0.25) is 4.79 Å². The van der Waals surface area contributed by atoms with Gasteiger partial charge in [-0.05, 0) is 30.0 Å². The summed E-state index contributed by atoms with van der Waals surface area (Å²) in [6.07, 6.45) is 0. The normalized spacial score (nSPS) is 10.8. The Morgan fingerprint density at radius 2 is 2.08 bits per heavy atom. The predicted molar refractivity (Wildman–Crippen MR) is 95.4 cm³/mol. The second-order valence-corrected chi connectivity index (χ2v) is 6.46. The van der Waals surface area contributed by atoms with E-state index in [4.69, 9.17) is 9.15 Å². The molecule has 0 radical (unpaired) electrons. The second-order valence-electron chi connectivity index (χ2n) is 5.51. The molecule has 0 saturated carbocycles. The maximum Gasteiger partial charge on any atom is 0.257 e. The van der Waals surface area contributed by atoms with Crippen LogP contribution in [0.4, 0.5) is 0 Å². The molecule has 0 atom stereocenters. The van der Waals surface area contributed by atoms with Gasteiger partial charge in [0, 0.05) is 19.2 Å². The van der Waals surface area contributed by atoms with Gasteiger partial charge in [0.15, 0.2) is 0 Å². The van der Waals surface area contributed by atoms with E-state index in [0.717, 1.165) is 10.4 Å². The van der Waals surface area contributed by atoms with Crippen molar-refractivity contribution in [1.82, 2.24) is 15.1 Å². The van der Waals surface area contributed by atoms with Crippen molar-refractivity contribution in [3.05, 3.63) is 58.8 Å². The summed E-state index contributed by atoms with van der Waals surface area (Å²) in [4.78, 5) is 15.5. The van der Waals surface area contributed by atoms with E-state index < -0.39 is 0 Å². The van der Waals surface area contributed by atoms with Crippen LogP contribution in [0.15, 0.2) is 46.2 Å². The molecule has 0 unspecified atom stereocenters. The highest BCUT2D eigenvalue weighted by Gasteiger charge is 2.20. The minimum atomic E-state index is -0.0778. The lowest BCUT2D eigenvalue weighted by Crippen LogP contribution is -2.34. The molecule has 2 aromatic heterocycles. The number of rotatable bonds is 7. The predicted octanol–water partition coefficient (Wildman–Crippen LogP) is 3.40. The van der Waals surface area contributed by atoms with Gasteiger partial charge >= 0.3 is 0 Å².